The zero-order chi connectivity index (χ0) is 14.5. The van der Waals surface area contributed by atoms with Gasteiger partial charge in [-0.15, -0.1) is 0 Å². The number of hydrogen-bond acceptors (Lipinski definition) is 4. The summed E-state index contributed by atoms with van der Waals surface area (Å²) >= 11 is 1.43. The van der Waals surface area contributed by atoms with E-state index in [2.05, 4.69) is 22.2 Å². The summed E-state index contributed by atoms with van der Waals surface area (Å²) in [4.78, 5) is 23.2. The lowest BCUT2D eigenvalue weighted by atomic mass is 10.2. The first-order valence-corrected chi connectivity index (χ1v) is 7.52. The predicted octanol–water partition coefficient (Wildman–Crippen LogP) is 0.916. The van der Waals surface area contributed by atoms with Crippen LogP contribution in [0.2, 0.25) is 0 Å². The summed E-state index contributed by atoms with van der Waals surface area (Å²) in [6.07, 6.45) is 2.81. The zero-order valence-corrected chi connectivity index (χ0v) is 12.4. The molecule has 0 fully saturated rings. The molecule has 1 aliphatic heterocycles. The zero-order valence-electron chi connectivity index (χ0n) is 11.6. The molecule has 0 aliphatic carbocycles. The van der Waals surface area contributed by atoms with Crippen molar-refractivity contribution in [2.45, 2.75) is 32.7 Å². The largest absolute Gasteiger partial charge is 0.370 e. The van der Waals surface area contributed by atoms with Gasteiger partial charge in [0.05, 0.1) is 12.2 Å². The number of fused-ring (bicyclic) bond motifs is 1. The van der Waals surface area contributed by atoms with Gasteiger partial charge in [0.15, 0.2) is 5.96 Å². The molecule has 1 aromatic heterocycles. The van der Waals surface area contributed by atoms with Gasteiger partial charge in [0.25, 0.3) is 0 Å². The maximum atomic E-state index is 12.0. The lowest BCUT2D eigenvalue weighted by molar-refractivity contribution is 0.192. The number of carbonyl (C=O) groups excluding carboxylic acids is 1. The summed E-state index contributed by atoms with van der Waals surface area (Å²) < 4.78 is 0. The minimum Gasteiger partial charge on any atom is -0.370 e. The van der Waals surface area contributed by atoms with Gasteiger partial charge in [-0.2, -0.15) is 4.99 Å². The standard InChI is InChI=1S/C12H20N6OS/c1-2-3-5-15-12(19)18-6-4-8-9(7-18)20-11(16-8)17-10(13)14/h2-7H2,1H3,(H,15,19)(H4,13,14,16,17). The van der Waals surface area contributed by atoms with Crippen LogP contribution >= 0.6 is 11.3 Å². The fraction of sp³-hybridized carbons (Fsp3) is 0.583. The molecule has 20 heavy (non-hydrogen) atoms. The Hall–Kier alpha value is -1.83. The summed E-state index contributed by atoms with van der Waals surface area (Å²) in [5, 5.41) is 3.49. The van der Waals surface area contributed by atoms with Crippen LogP contribution in [0.15, 0.2) is 4.99 Å². The third-order valence-corrected chi connectivity index (χ3v) is 4.01. The topological polar surface area (TPSA) is 110 Å². The van der Waals surface area contributed by atoms with Gasteiger partial charge in [0.1, 0.15) is 0 Å². The summed E-state index contributed by atoms with van der Waals surface area (Å²) in [6.45, 7) is 4.07. The number of guanidine groups is 1. The third-order valence-electron chi connectivity index (χ3n) is 3.04. The Labute approximate surface area is 122 Å². The van der Waals surface area contributed by atoms with E-state index in [-0.39, 0.29) is 12.0 Å². The highest BCUT2D eigenvalue weighted by atomic mass is 32.1. The van der Waals surface area contributed by atoms with Crippen LogP contribution in [0.5, 0.6) is 0 Å². The second-order valence-electron chi connectivity index (χ2n) is 4.66. The van der Waals surface area contributed by atoms with Crippen molar-refractivity contribution in [3.8, 4) is 0 Å². The first kappa shape index (κ1) is 14.6. The van der Waals surface area contributed by atoms with Crippen molar-refractivity contribution in [1.82, 2.24) is 15.2 Å². The van der Waals surface area contributed by atoms with Crippen molar-refractivity contribution in [2.75, 3.05) is 13.1 Å². The second-order valence-corrected chi connectivity index (χ2v) is 5.72. The molecule has 0 bridgehead atoms. The van der Waals surface area contributed by atoms with Crippen molar-refractivity contribution in [3.05, 3.63) is 10.6 Å². The van der Waals surface area contributed by atoms with Crippen LogP contribution < -0.4 is 16.8 Å². The first-order valence-electron chi connectivity index (χ1n) is 6.71. The van der Waals surface area contributed by atoms with Crippen LogP contribution in [-0.4, -0.2) is 35.0 Å². The van der Waals surface area contributed by atoms with E-state index in [1.807, 2.05) is 0 Å². The smallest absolute Gasteiger partial charge is 0.317 e. The van der Waals surface area contributed by atoms with Gasteiger partial charge >= 0.3 is 6.03 Å². The molecule has 0 saturated carbocycles. The van der Waals surface area contributed by atoms with Crippen LogP contribution in [0, 0.1) is 0 Å². The molecule has 2 amide bonds. The van der Waals surface area contributed by atoms with E-state index in [4.69, 9.17) is 11.5 Å². The molecule has 0 radical (unpaired) electrons. The molecule has 1 aromatic rings. The second kappa shape index (κ2) is 6.56. The van der Waals surface area contributed by atoms with E-state index in [1.165, 1.54) is 11.3 Å². The van der Waals surface area contributed by atoms with Crippen molar-refractivity contribution < 1.29 is 4.79 Å². The number of urea groups is 1. The fourth-order valence-electron chi connectivity index (χ4n) is 2.00. The Kier molecular flexibility index (Phi) is 4.78. The van der Waals surface area contributed by atoms with Gasteiger partial charge < -0.3 is 21.7 Å². The van der Waals surface area contributed by atoms with Crippen LogP contribution in [0.4, 0.5) is 9.93 Å². The Bertz CT molecular complexity index is 508. The Morgan fingerprint density at radius 1 is 1.55 bits per heavy atom. The van der Waals surface area contributed by atoms with Crippen molar-refractivity contribution in [1.29, 1.82) is 0 Å². The maximum absolute atomic E-state index is 12.0. The SMILES string of the molecule is CCCCNC(=O)N1CCc2nc(N=C(N)N)sc2C1. The highest BCUT2D eigenvalue weighted by molar-refractivity contribution is 7.15. The molecule has 5 N–H and O–H groups in total. The number of nitrogens with one attached hydrogen (secondary N) is 1. The number of carbonyl (C=O) groups is 1. The summed E-state index contributed by atoms with van der Waals surface area (Å²) in [5.74, 6) is 0.00487. The van der Waals surface area contributed by atoms with E-state index >= 15 is 0 Å². The van der Waals surface area contributed by atoms with Crippen LogP contribution in [0.3, 0.4) is 0 Å². The molecular weight excluding hydrogens is 276 g/mol. The lowest BCUT2D eigenvalue weighted by Gasteiger charge is -2.26. The first-order chi connectivity index (χ1) is 9.60. The van der Waals surface area contributed by atoms with Gasteiger partial charge in [0.2, 0.25) is 5.13 Å². The van der Waals surface area contributed by atoms with Crippen LogP contribution in [0.25, 0.3) is 0 Å². The number of amides is 2. The molecule has 2 heterocycles. The minimum absolute atomic E-state index is 0.00487. The van der Waals surface area contributed by atoms with Crippen molar-refractivity contribution >= 4 is 28.5 Å². The van der Waals surface area contributed by atoms with Gasteiger partial charge in [-0.25, -0.2) is 9.78 Å². The number of aliphatic imine (C=N–C) groups is 1. The summed E-state index contributed by atoms with van der Waals surface area (Å²) in [6, 6.07) is -0.0131. The fourth-order valence-corrected chi connectivity index (χ4v) is 3.01. The van der Waals surface area contributed by atoms with Crippen LogP contribution in [-0.2, 0) is 13.0 Å². The monoisotopic (exact) mass is 296 g/mol. The average Bonchev–Trinajstić information content (AvgIpc) is 2.78. The number of unbranched alkanes of at least 4 members (excludes halogenated alkanes) is 1. The van der Waals surface area contributed by atoms with E-state index in [1.54, 1.807) is 4.90 Å². The maximum Gasteiger partial charge on any atom is 0.317 e. The molecule has 0 unspecified atom stereocenters. The molecule has 7 nitrogen and oxygen atoms in total. The van der Waals surface area contributed by atoms with Gasteiger partial charge in [-0.05, 0) is 6.42 Å². The summed E-state index contributed by atoms with van der Waals surface area (Å²) in [7, 11) is 0. The third kappa shape index (κ3) is 3.60. The van der Waals surface area contributed by atoms with Gasteiger partial charge in [-0.1, -0.05) is 24.7 Å². The molecule has 0 aromatic carbocycles. The molecule has 1 aliphatic rings. The van der Waals surface area contributed by atoms with Gasteiger partial charge in [-0.3, -0.25) is 0 Å². The van der Waals surface area contributed by atoms with E-state index in [0.717, 1.165) is 36.4 Å². The molecule has 0 atom stereocenters. The average molecular weight is 296 g/mol. The van der Waals surface area contributed by atoms with Crippen molar-refractivity contribution in [3.63, 3.8) is 0 Å². The Balaban J connectivity index is 1.98. The van der Waals surface area contributed by atoms with E-state index in [0.29, 0.717) is 18.2 Å². The van der Waals surface area contributed by atoms with Crippen molar-refractivity contribution in [2.24, 2.45) is 16.5 Å². The number of nitrogens with zero attached hydrogens (tertiary/aromatic N) is 3. The molecule has 0 spiro atoms. The normalized spacial score (nSPS) is 13.8. The number of nitrogens with two attached hydrogens (primary N) is 2. The quantitative estimate of drug-likeness (QED) is 0.436. The molecule has 110 valence electrons. The molecule has 8 heteroatoms. The predicted molar refractivity (Wildman–Crippen MR) is 80.0 cm³/mol. The lowest BCUT2D eigenvalue weighted by Crippen LogP contribution is -2.42. The van der Waals surface area contributed by atoms with E-state index < -0.39 is 0 Å². The van der Waals surface area contributed by atoms with E-state index in [9.17, 15) is 4.79 Å². The number of thiazole rings is 1. The number of hydrogen-bond donors (Lipinski definition) is 3. The minimum atomic E-state index is -0.0131. The molecular formula is C12H20N6OS. The van der Waals surface area contributed by atoms with Crippen LogP contribution in [0.1, 0.15) is 30.3 Å². The van der Waals surface area contributed by atoms with Gasteiger partial charge in [0, 0.05) is 24.4 Å². The molecule has 0 saturated heterocycles. The molecule has 2 rings (SSSR count). The highest BCUT2D eigenvalue weighted by Crippen LogP contribution is 2.29. The number of rotatable bonds is 4. The Morgan fingerprint density at radius 2 is 2.35 bits per heavy atom. The summed E-state index contributed by atoms with van der Waals surface area (Å²) in [5.41, 5.74) is 11.7. The highest BCUT2D eigenvalue weighted by Gasteiger charge is 2.23. The Morgan fingerprint density at radius 3 is 3.05 bits per heavy atom. The number of aromatic nitrogens is 1.